The number of hydrogen-bond acceptors (Lipinski definition) is 28. The van der Waals surface area contributed by atoms with E-state index in [-0.39, 0.29) is 60.9 Å². The smallest absolute Gasteiger partial charge is 0.326 e. The summed E-state index contributed by atoms with van der Waals surface area (Å²) in [5.41, 5.74) is 2.87. The van der Waals surface area contributed by atoms with E-state index < -0.39 is 47.0 Å². The highest BCUT2D eigenvalue weighted by Gasteiger charge is 2.50. The number of carboxylic acids is 4. The molecular formula is C76H84Cl4N16O16S4. The highest BCUT2D eigenvalue weighted by atomic mass is 35.5. The Morgan fingerprint density at radius 2 is 0.776 bits per heavy atom. The maximum absolute atomic E-state index is 13.0. The average molecular weight is 1750 g/mol. The van der Waals surface area contributed by atoms with E-state index in [1.165, 1.54) is 78.8 Å². The van der Waals surface area contributed by atoms with Crippen molar-refractivity contribution in [3.8, 4) is 42.3 Å². The summed E-state index contributed by atoms with van der Waals surface area (Å²) in [5, 5.41) is 51.7. The van der Waals surface area contributed by atoms with Crippen LogP contribution in [0.25, 0.3) is 42.3 Å². The number of aromatic nitrogens is 8. The van der Waals surface area contributed by atoms with Crippen LogP contribution < -0.4 is 21.3 Å². The Labute approximate surface area is 702 Å². The predicted molar refractivity (Wildman–Crippen MR) is 438 cm³/mol. The molecule has 0 radical (unpaired) electrons. The summed E-state index contributed by atoms with van der Waals surface area (Å²) in [4.78, 5) is 144. The summed E-state index contributed by atoms with van der Waals surface area (Å²) in [5.74, 6) is -3.25. The lowest BCUT2D eigenvalue weighted by Gasteiger charge is -2.35. The predicted octanol–water partition coefficient (Wildman–Crippen LogP) is 12.3. The highest BCUT2D eigenvalue weighted by molar-refractivity contribution is 7.17. The van der Waals surface area contributed by atoms with Gasteiger partial charge in [0.1, 0.15) is 47.9 Å². The van der Waals surface area contributed by atoms with Gasteiger partial charge in [0.25, 0.3) is 23.6 Å². The molecule has 8 aliphatic heterocycles. The molecule has 0 aliphatic carbocycles. The standard InChI is InChI=1S/C20H23ClN4O4S.2C19H21ClN4O4S.C18H19ClN4O4S/c1-10(18(27)28)25-17(26)12-8-14(30-16(12)20(25,2)3)15-13(21)9-22-19(24-15)23-11-4-6-29-7-5-11;1-19(2)16-11(17(27)24(19)9-14(25)26)7-13(29-16)15-12(20)8-21-18(23-15)22-10-3-5-28-6-4-10;1-10(18(26)27)24-5-2-14-12(17(24)25)8-15(29-14)16-13(20)9-21-19(23-16)22-11-3-6-28-7-4-11;19-12-8-20-18(21-10-2-5-27-6-3-10)22-16(12)14-7-11-13(28-14)1-4-23(17(11)26)9-15(24)25/h8-11H,4-7H2,1-3H3,(H,27,28)(H,22,23,24);7-8,10H,3-6,9H2,1-2H3,(H,25,26)(H,21,22,23);8-11H,2-7H2,1H3,(H,26,27)(H,21,22,23);7-8,10H,1-6,9H2,(H,24,25)(H,20,21,22). The molecular weight excluding hydrogens is 1660 g/mol. The van der Waals surface area contributed by atoms with Gasteiger partial charge >= 0.3 is 23.9 Å². The number of carbonyl (C=O) groups is 8. The van der Waals surface area contributed by atoms with Crippen LogP contribution in [-0.2, 0) is 62.0 Å². The number of aliphatic carboxylic acids is 4. The summed E-state index contributed by atoms with van der Waals surface area (Å²) in [6.07, 6.45) is 14.6. The fraction of sp³-hybridized carbons (Fsp3) is 0.474. The van der Waals surface area contributed by atoms with Gasteiger partial charge in [-0.05, 0) is 117 Å². The summed E-state index contributed by atoms with van der Waals surface area (Å²) in [6.45, 7) is 16.3. The van der Waals surface area contributed by atoms with Crippen molar-refractivity contribution < 1.29 is 77.7 Å². The molecule has 0 saturated carbocycles. The molecule has 0 spiro atoms. The van der Waals surface area contributed by atoms with Crippen molar-refractivity contribution in [2.24, 2.45) is 0 Å². The Morgan fingerprint density at radius 1 is 0.448 bits per heavy atom. The number of fused-ring (bicyclic) bond motifs is 4. The third-order valence-electron chi connectivity index (χ3n) is 20.9. The van der Waals surface area contributed by atoms with Crippen molar-refractivity contribution in [3.63, 3.8) is 0 Å². The molecule has 16 heterocycles. The van der Waals surface area contributed by atoms with Crippen molar-refractivity contribution in [1.82, 2.24) is 59.5 Å². The van der Waals surface area contributed by atoms with Crippen LogP contribution in [0.2, 0.25) is 20.1 Å². The van der Waals surface area contributed by atoms with Crippen LogP contribution in [-0.4, -0.2) is 243 Å². The quantitative estimate of drug-likeness (QED) is 0.0351. The molecule has 116 heavy (non-hydrogen) atoms. The van der Waals surface area contributed by atoms with Gasteiger partial charge in [0.2, 0.25) is 23.8 Å². The second-order valence-electron chi connectivity index (χ2n) is 29.5. The Hall–Kier alpha value is -8.92. The molecule has 40 heteroatoms. The zero-order valence-electron chi connectivity index (χ0n) is 63.8. The van der Waals surface area contributed by atoms with E-state index in [1.807, 2.05) is 27.7 Å². The molecule has 616 valence electrons. The molecule has 0 aromatic carbocycles. The highest BCUT2D eigenvalue weighted by Crippen LogP contribution is 2.50. The van der Waals surface area contributed by atoms with Gasteiger partial charge in [0.15, 0.2) is 0 Å². The fourth-order valence-electron chi connectivity index (χ4n) is 14.6. The van der Waals surface area contributed by atoms with Gasteiger partial charge in [0.05, 0.1) is 97.7 Å². The number of nitrogens with one attached hydrogen (secondary N) is 4. The largest absolute Gasteiger partial charge is 0.480 e. The lowest BCUT2D eigenvalue weighted by Crippen LogP contribution is -2.48. The van der Waals surface area contributed by atoms with Crippen LogP contribution in [0.15, 0.2) is 49.1 Å². The average Bonchev–Trinajstić information content (AvgIpc) is 1.57. The summed E-state index contributed by atoms with van der Waals surface area (Å²) in [6, 6.07) is 6.23. The minimum absolute atomic E-state index is 0.243. The minimum atomic E-state index is -1.04. The number of halogens is 4. The van der Waals surface area contributed by atoms with Gasteiger partial charge < -0.3 is 80.2 Å². The van der Waals surface area contributed by atoms with E-state index in [0.717, 1.165) is 90.4 Å². The van der Waals surface area contributed by atoms with Crippen LogP contribution in [0.3, 0.4) is 0 Å². The first-order chi connectivity index (χ1) is 55.4. The van der Waals surface area contributed by atoms with Crippen LogP contribution >= 0.6 is 91.8 Å². The first kappa shape index (κ1) is 85.0. The Kier molecular flexibility index (Phi) is 26.8. The van der Waals surface area contributed by atoms with Crippen molar-refractivity contribution in [2.75, 3.05) is 100 Å². The minimum Gasteiger partial charge on any atom is -0.480 e. The van der Waals surface area contributed by atoms with E-state index in [4.69, 9.17) is 75.6 Å². The van der Waals surface area contributed by atoms with Gasteiger partial charge in [-0.15, -0.1) is 45.3 Å². The lowest BCUT2D eigenvalue weighted by atomic mass is 10.0. The van der Waals surface area contributed by atoms with E-state index in [1.54, 1.807) is 49.1 Å². The molecule has 8 N–H and O–H groups in total. The van der Waals surface area contributed by atoms with Gasteiger partial charge in [0, 0.05) is 122 Å². The normalized spacial score (nSPS) is 18.6. The lowest BCUT2D eigenvalue weighted by molar-refractivity contribution is -0.143. The van der Waals surface area contributed by atoms with Crippen LogP contribution in [0.1, 0.15) is 154 Å². The molecule has 8 aliphatic rings. The van der Waals surface area contributed by atoms with Crippen LogP contribution in [0.4, 0.5) is 23.8 Å². The van der Waals surface area contributed by atoms with Crippen molar-refractivity contribution in [1.29, 1.82) is 0 Å². The molecule has 4 fully saturated rings. The summed E-state index contributed by atoms with van der Waals surface area (Å²) in [7, 11) is 0. The Balaban J connectivity index is 0.000000135. The van der Waals surface area contributed by atoms with E-state index in [9.17, 15) is 48.6 Å². The number of ether oxygens (including phenoxy) is 4. The van der Waals surface area contributed by atoms with Crippen molar-refractivity contribution in [2.45, 2.75) is 153 Å². The second kappa shape index (κ2) is 36.5. The zero-order valence-corrected chi connectivity index (χ0v) is 70.1. The molecule has 2 unspecified atom stereocenters. The topological polar surface area (TPSA) is 419 Å². The number of carbonyl (C=O) groups excluding carboxylic acids is 4. The van der Waals surface area contributed by atoms with Crippen LogP contribution in [0.5, 0.6) is 0 Å². The number of amides is 4. The van der Waals surface area contributed by atoms with E-state index >= 15 is 0 Å². The summed E-state index contributed by atoms with van der Waals surface area (Å²) < 4.78 is 21.5. The molecule has 8 aromatic rings. The van der Waals surface area contributed by atoms with Gasteiger partial charge in [-0.2, -0.15) is 0 Å². The maximum Gasteiger partial charge on any atom is 0.326 e. The SMILES string of the molecule is CC(C(=O)O)N1C(=O)c2cc(-c3nc(NC4CCOCC4)ncc3Cl)sc2C1(C)C.CC(C(=O)O)N1CCc2sc(-c3nc(NC4CCOCC4)ncc3Cl)cc2C1=O.CC1(C)c2sc(-c3nc(NC4CCOCC4)ncc3Cl)cc2C(=O)N1CC(=O)O.O=C(O)CN1CCc2sc(-c3nc(NC4CCOCC4)ncc3Cl)cc2C1=O. The number of carboxylic acid groups (broad SMARTS) is 4. The van der Waals surface area contributed by atoms with Gasteiger partial charge in [-0.1, -0.05) is 46.4 Å². The van der Waals surface area contributed by atoms with E-state index in [0.29, 0.717) is 168 Å². The molecule has 8 aromatic heterocycles. The zero-order chi connectivity index (χ0) is 82.6. The molecule has 4 saturated heterocycles. The molecule has 2 atom stereocenters. The number of anilines is 4. The fourth-order valence-corrected chi connectivity index (χ4v) is 20.4. The number of nitrogens with zero attached hydrogens (tertiary/aromatic N) is 12. The summed E-state index contributed by atoms with van der Waals surface area (Å²) >= 11 is 31.2. The van der Waals surface area contributed by atoms with Crippen molar-refractivity contribution >= 4 is 163 Å². The first-order valence-corrected chi connectivity index (χ1v) is 42.4. The number of rotatable bonds is 20. The second-order valence-corrected chi connectivity index (χ2v) is 35.5. The molecule has 16 rings (SSSR count). The van der Waals surface area contributed by atoms with Crippen LogP contribution in [0, 0.1) is 0 Å². The molecule has 32 nitrogen and oxygen atoms in total. The Morgan fingerprint density at radius 3 is 1.12 bits per heavy atom. The van der Waals surface area contributed by atoms with E-state index in [2.05, 4.69) is 61.1 Å². The van der Waals surface area contributed by atoms with Gasteiger partial charge in [-0.25, -0.2) is 49.5 Å². The third kappa shape index (κ3) is 19.0. The Bertz CT molecular complexity index is 5060. The third-order valence-corrected chi connectivity index (χ3v) is 27.3. The first-order valence-electron chi connectivity index (χ1n) is 37.6. The molecule has 0 bridgehead atoms. The number of hydrogen-bond donors (Lipinski definition) is 8. The van der Waals surface area contributed by atoms with Gasteiger partial charge in [-0.3, -0.25) is 28.8 Å². The van der Waals surface area contributed by atoms with Crippen molar-refractivity contribution in [3.05, 3.63) is 111 Å². The number of thiophene rings is 4. The monoisotopic (exact) mass is 1740 g/mol. The maximum atomic E-state index is 13.0. The molecule has 4 amide bonds.